The van der Waals surface area contributed by atoms with Crippen LogP contribution in [0, 0.1) is 0 Å². The fourth-order valence-corrected chi connectivity index (χ4v) is 4.50. The number of sulfonamides is 1. The Balaban J connectivity index is 1.78. The van der Waals surface area contributed by atoms with Gasteiger partial charge in [-0.2, -0.15) is 4.31 Å². The SMILES string of the molecule is CCOc1ccc(S(=O)(=O)N(CC(=O)Nc2ccc(C(=O)N(C)C)cc2)Cc2ccco2)cc1. The molecule has 0 saturated carbocycles. The highest BCUT2D eigenvalue weighted by molar-refractivity contribution is 7.89. The van der Waals surface area contributed by atoms with Crippen LogP contribution >= 0.6 is 0 Å². The van der Waals surface area contributed by atoms with E-state index in [0.29, 0.717) is 29.4 Å². The number of ether oxygens (including phenoxy) is 1. The Morgan fingerprint density at radius 2 is 1.68 bits per heavy atom. The normalized spacial score (nSPS) is 11.3. The molecular formula is C24H27N3O6S. The van der Waals surface area contributed by atoms with Crippen LogP contribution in [0.25, 0.3) is 0 Å². The fraction of sp³-hybridized carbons (Fsp3) is 0.250. The number of anilines is 1. The van der Waals surface area contributed by atoms with E-state index in [1.54, 1.807) is 62.6 Å². The summed E-state index contributed by atoms with van der Waals surface area (Å²) in [5, 5.41) is 2.68. The molecule has 34 heavy (non-hydrogen) atoms. The first-order valence-corrected chi connectivity index (χ1v) is 12.0. The molecule has 180 valence electrons. The van der Waals surface area contributed by atoms with Gasteiger partial charge in [-0.05, 0) is 67.6 Å². The zero-order chi connectivity index (χ0) is 24.7. The third-order valence-corrected chi connectivity index (χ3v) is 6.63. The van der Waals surface area contributed by atoms with Gasteiger partial charge in [0.05, 0.1) is 30.9 Å². The Bertz CT molecular complexity index is 1200. The standard InChI is InChI=1S/C24H27N3O6S/c1-4-32-20-11-13-22(14-12-20)34(30,31)27(16-21-6-5-15-33-21)17-23(28)25-19-9-7-18(8-10-19)24(29)26(2)3/h5-15H,4,16-17H2,1-3H3,(H,25,28). The average molecular weight is 486 g/mol. The molecule has 1 aromatic heterocycles. The van der Waals surface area contributed by atoms with Gasteiger partial charge in [-0.1, -0.05) is 0 Å². The largest absolute Gasteiger partial charge is 0.494 e. The summed E-state index contributed by atoms with van der Waals surface area (Å²) in [4.78, 5) is 26.3. The summed E-state index contributed by atoms with van der Waals surface area (Å²) in [6.07, 6.45) is 1.44. The lowest BCUT2D eigenvalue weighted by Crippen LogP contribution is -2.37. The highest BCUT2D eigenvalue weighted by Gasteiger charge is 2.28. The maximum atomic E-state index is 13.3. The van der Waals surface area contributed by atoms with Crippen molar-refractivity contribution in [3.63, 3.8) is 0 Å². The van der Waals surface area contributed by atoms with Crippen molar-refractivity contribution in [3.8, 4) is 5.75 Å². The fourth-order valence-electron chi connectivity index (χ4n) is 3.14. The molecule has 0 unspecified atom stereocenters. The van der Waals surface area contributed by atoms with Crippen LogP contribution in [0.5, 0.6) is 5.75 Å². The van der Waals surface area contributed by atoms with Crippen molar-refractivity contribution in [2.45, 2.75) is 18.4 Å². The summed E-state index contributed by atoms with van der Waals surface area (Å²) < 4.78 is 38.4. The van der Waals surface area contributed by atoms with Crippen LogP contribution in [0.1, 0.15) is 23.0 Å². The minimum Gasteiger partial charge on any atom is -0.494 e. The van der Waals surface area contributed by atoms with Crippen molar-refractivity contribution >= 4 is 27.5 Å². The Morgan fingerprint density at radius 3 is 2.24 bits per heavy atom. The summed E-state index contributed by atoms with van der Waals surface area (Å²) in [7, 11) is -0.718. The second-order valence-corrected chi connectivity index (χ2v) is 9.52. The summed E-state index contributed by atoms with van der Waals surface area (Å²) in [6, 6.07) is 15.7. The minimum absolute atomic E-state index is 0.0295. The molecule has 0 aliphatic rings. The van der Waals surface area contributed by atoms with Crippen LogP contribution in [-0.2, 0) is 21.4 Å². The molecular weight excluding hydrogens is 458 g/mol. The molecule has 1 heterocycles. The minimum atomic E-state index is -4.02. The van der Waals surface area contributed by atoms with E-state index >= 15 is 0 Å². The van der Waals surface area contributed by atoms with E-state index in [0.717, 1.165) is 4.31 Å². The molecule has 0 spiro atoms. The predicted molar refractivity (Wildman–Crippen MR) is 127 cm³/mol. The number of benzene rings is 2. The zero-order valence-corrected chi connectivity index (χ0v) is 20.0. The topological polar surface area (TPSA) is 109 Å². The third-order valence-electron chi connectivity index (χ3n) is 4.83. The van der Waals surface area contributed by atoms with Crippen LogP contribution in [0.3, 0.4) is 0 Å². The summed E-state index contributed by atoms with van der Waals surface area (Å²) in [5.74, 6) is 0.249. The van der Waals surface area contributed by atoms with Gasteiger partial charge in [0.2, 0.25) is 15.9 Å². The average Bonchev–Trinajstić information content (AvgIpc) is 3.32. The predicted octanol–water partition coefficient (Wildman–Crippen LogP) is 3.21. The van der Waals surface area contributed by atoms with E-state index in [9.17, 15) is 18.0 Å². The number of nitrogens with zero attached hydrogens (tertiary/aromatic N) is 2. The van der Waals surface area contributed by atoms with Gasteiger partial charge in [0, 0.05) is 25.3 Å². The van der Waals surface area contributed by atoms with E-state index in [-0.39, 0.29) is 17.3 Å². The Hall–Kier alpha value is -3.63. The number of hydrogen-bond donors (Lipinski definition) is 1. The lowest BCUT2D eigenvalue weighted by Gasteiger charge is -2.21. The van der Waals surface area contributed by atoms with Crippen LogP contribution in [0.15, 0.2) is 76.2 Å². The molecule has 0 aliphatic carbocycles. The van der Waals surface area contributed by atoms with Gasteiger partial charge in [0.25, 0.3) is 5.91 Å². The number of carbonyl (C=O) groups is 2. The number of furan rings is 1. The number of amides is 2. The number of hydrogen-bond acceptors (Lipinski definition) is 6. The molecule has 2 aromatic carbocycles. The van der Waals surface area contributed by atoms with Gasteiger partial charge in [-0.25, -0.2) is 8.42 Å². The molecule has 9 nitrogen and oxygen atoms in total. The highest BCUT2D eigenvalue weighted by atomic mass is 32.2. The molecule has 3 aromatic rings. The van der Waals surface area contributed by atoms with Crippen molar-refractivity contribution in [1.29, 1.82) is 0 Å². The van der Waals surface area contributed by atoms with E-state index in [2.05, 4.69) is 5.32 Å². The summed E-state index contributed by atoms with van der Waals surface area (Å²) >= 11 is 0. The first-order chi connectivity index (χ1) is 16.2. The molecule has 0 fully saturated rings. The number of carbonyl (C=O) groups excluding carboxylic acids is 2. The molecule has 3 rings (SSSR count). The molecule has 10 heteroatoms. The van der Waals surface area contributed by atoms with Gasteiger partial charge in [-0.15, -0.1) is 0 Å². The lowest BCUT2D eigenvalue weighted by molar-refractivity contribution is -0.116. The van der Waals surface area contributed by atoms with E-state index in [4.69, 9.17) is 9.15 Å². The van der Waals surface area contributed by atoms with E-state index in [1.165, 1.54) is 23.3 Å². The smallest absolute Gasteiger partial charge is 0.253 e. The number of nitrogens with one attached hydrogen (secondary N) is 1. The second-order valence-electron chi connectivity index (χ2n) is 7.58. The van der Waals surface area contributed by atoms with Crippen molar-refractivity contribution in [2.75, 3.05) is 32.6 Å². The molecule has 0 aliphatic heterocycles. The maximum Gasteiger partial charge on any atom is 0.253 e. The van der Waals surface area contributed by atoms with E-state index in [1.807, 2.05) is 6.92 Å². The second kappa shape index (κ2) is 11.0. The molecule has 0 saturated heterocycles. The van der Waals surface area contributed by atoms with Crippen LogP contribution < -0.4 is 10.1 Å². The van der Waals surface area contributed by atoms with Crippen molar-refractivity contribution in [1.82, 2.24) is 9.21 Å². The van der Waals surface area contributed by atoms with Crippen molar-refractivity contribution < 1.29 is 27.2 Å². The third kappa shape index (κ3) is 6.24. The Morgan fingerprint density at radius 1 is 1.00 bits per heavy atom. The van der Waals surface area contributed by atoms with Crippen molar-refractivity contribution in [2.24, 2.45) is 0 Å². The first-order valence-electron chi connectivity index (χ1n) is 10.6. The summed E-state index contributed by atoms with van der Waals surface area (Å²) in [5.41, 5.74) is 0.914. The van der Waals surface area contributed by atoms with Crippen LogP contribution in [-0.4, -0.2) is 56.7 Å². The summed E-state index contributed by atoms with van der Waals surface area (Å²) in [6.45, 7) is 1.74. The molecule has 0 bridgehead atoms. The van der Waals surface area contributed by atoms with E-state index < -0.39 is 22.5 Å². The molecule has 1 N–H and O–H groups in total. The lowest BCUT2D eigenvalue weighted by atomic mass is 10.2. The zero-order valence-electron chi connectivity index (χ0n) is 19.2. The van der Waals surface area contributed by atoms with Crippen LogP contribution in [0.4, 0.5) is 5.69 Å². The number of rotatable bonds is 10. The van der Waals surface area contributed by atoms with Crippen LogP contribution in [0.2, 0.25) is 0 Å². The Kier molecular flexibility index (Phi) is 8.08. The van der Waals surface area contributed by atoms with Gasteiger partial charge in [0.15, 0.2) is 0 Å². The highest BCUT2D eigenvalue weighted by Crippen LogP contribution is 2.22. The molecule has 2 amide bonds. The maximum absolute atomic E-state index is 13.3. The Labute approximate surface area is 199 Å². The van der Waals surface area contributed by atoms with Gasteiger partial charge in [0.1, 0.15) is 11.5 Å². The molecule has 0 atom stereocenters. The van der Waals surface area contributed by atoms with Crippen molar-refractivity contribution in [3.05, 3.63) is 78.3 Å². The van der Waals surface area contributed by atoms with Gasteiger partial charge >= 0.3 is 0 Å². The molecule has 0 radical (unpaired) electrons. The quantitative estimate of drug-likeness (QED) is 0.472. The van der Waals surface area contributed by atoms with Gasteiger partial charge in [-0.3, -0.25) is 9.59 Å². The van der Waals surface area contributed by atoms with Gasteiger partial charge < -0.3 is 19.4 Å². The first kappa shape index (κ1) is 25.0. The monoisotopic (exact) mass is 485 g/mol.